The van der Waals surface area contributed by atoms with E-state index in [-0.39, 0.29) is 59.1 Å². The monoisotopic (exact) mass is 222 g/mol. The zero-order chi connectivity index (χ0) is 10.2. The topological polar surface area (TPSA) is 46.1 Å². The molecule has 0 aliphatic heterocycles. The van der Waals surface area contributed by atoms with E-state index in [1.807, 2.05) is 27.7 Å². The van der Waals surface area contributed by atoms with Gasteiger partial charge in [-0.15, -0.1) is 5.46 Å². The molecule has 0 fully saturated rings. The number of benzene rings is 1. The second-order valence-electron chi connectivity index (χ2n) is 3.49. The molecule has 1 rings (SSSR count). The fraction of sp³-hybridized carbons (Fsp3) is 0.400. The van der Waals surface area contributed by atoms with Crippen LogP contribution in [-0.4, -0.2) is 7.12 Å². The first-order valence-corrected chi connectivity index (χ1v) is 4.34. The molecule has 70 valence electrons. The van der Waals surface area contributed by atoms with Gasteiger partial charge in [0.05, 0.1) is 0 Å². The van der Waals surface area contributed by atoms with E-state index >= 15 is 0 Å². The van der Waals surface area contributed by atoms with Gasteiger partial charge < -0.3 is 10.0 Å². The summed E-state index contributed by atoms with van der Waals surface area (Å²) in [6.07, 6.45) is 0. The molecule has 0 spiro atoms. The van der Waals surface area contributed by atoms with E-state index in [0.29, 0.717) is 5.46 Å². The summed E-state index contributed by atoms with van der Waals surface area (Å²) in [5, 5.41) is 21.6. The van der Waals surface area contributed by atoms with Gasteiger partial charge in [-0.2, -0.15) is 0 Å². The first kappa shape index (κ1) is 18.6. The van der Waals surface area contributed by atoms with Crippen LogP contribution in [0.2, 0.25) is 0 Å². The fourth-order valence-electron chi connectivity index (χ4n) is 1.49. The van der Waals surface area contributed by atoms with E-state index in [9.17, 15) is 10.0 Å². The number of rotatable bonds is 1. The molecule has 0 aliphatic carbocycles. The van der Waals surface area contributed by atoms with Gasteiger partial charge in [0.1, 0.15) is 0 Å². The van der Waals surface area contributed by atoms with Crippen LogP contribution in [0.5, 0.6) is 0 Å². The zero-order valence-electron chi connectivity index (χ0n) is 10.5. The zero-order valence-corrected chi connectivity index (χ0v) is 14.5. The second-order valence-corrected chi connectivity index (χ2v) is 3.49. The van der Waals surface area contributed by atoms with Gasteiger partial charge in [0, 0.05) is 0 Å². The molecule has 5 heteroatoms. The van der Waals surface area contributed by atoms with Crippen LogP contribution < -0.4 is 74.6 Å². The van der Waals surface area contributed by atoms with Gasteiger partial charge in [0.25, 0.3) is 0 Å². The minimum absolute atomic E-state index is 0. The van der Waals surface area contributed by atoms with E-state index in [1.54, 1.807) is 6.07 Å². The Labute approximate surface area is 136 Å². The Kier molecular flexibility index (Phi) is 9.30. The van der Waals surface area contributed by atoms with Crippen LogP contribution in [0, 0.1) is 27.7 Å². The number of hydrogen-bond donors (Lipinski definition) is 0. The van der Waals surface area contributed by atoms with Crippen molar-refractivity contribution in [1.29, 1.82) is 0 Å². The molecule has 0 saturated carbocycles. The summed E-state index contributed by atoms with van der Waals surface area (Å²) < 4.78 is 0. The summed E-state index contributed by atoms with van der Waals surface area (Å²) in [4.78, 5) is 0. The van der Waals surface area contributed by atoms with Gasteiger partial charge in [0.2, 0.25) is 0 Å². The van der Waals surface area contributed by atoms with Crippen molar-refractivity contribution in [2.75, 3.05) is 0 Å². The Morgan fingerprint density at radius 2 is 1.33 bits per heavy atom. The van der Waals surface area contributed by atoms with Gasteiger partial charge in [-0.3, -0.25) is 0 Å². The van der Waals surface area contributed by atoms with Gasteiger partial charge in [-0.1, -0.05) is 18.7 Å². The minimum atomic E-state index is -1.86. The Bertz CT molecular complexity index is 341. The first-order chi connectivity index (χ1) is 5.95. The maximum Gasteiger partial charge on any atom is 1.00 e. The third-order valence-corrected chi connectivity index (χ3v) is 2.78. The summed E-state index contributed by atoms with van der Waals surface area (Å²) >= 11 is 0. The third-order valence-electron chi connectivity index (χ3n) is 2.78. The molecule has 0 unspecified atom stereocenters. The maximum absolute atomic E-state index is 10.8. The van der Waals surface area contributed by atoms with Crippen LogP contribution in [0.15, 0.2) is 6.07 Å². The number of hydrogen-bond acceptors (Lipinski definition) is 2. The largest absolute Gasteiger partial charge is 1.00 e. The molecule has 0 heterocycles. The summed E-state index contributed by atoms with van der Waals surface area (Å²) in [6, 6.07) is 1.71. The van der Waals surface area contributed by atoms with Crippen LogP contribution in [0.25, 0.3) is 0 Å². The van der Waals surface area contributed by atoms with E-state index < -0.39 is 7.12 Å². The Balaban J connectivity index is 0. The summed E-state index contributed by atoms with van der Waals surface area (Å²) in [7, 11) is -1.86. The fourth-order valence-corrected chi connectivity index (χ4v) is 1.49. The van der Waals surface area contributed by atoms with Crippen molar-refractivity contribution in [1.82, 2.24) is 0 Å². The molecule has 0 radical (unpaired) electrons. The molecule has 0 aromatic heterocycles. The first-order valence-electron chi connectivity index (χ1n) is 4.34. The van der Waals surface area contributed by atoms with E-state index in [0.717, 1.165) is 16.7 Å². The predicted octanol–water partition coefficient (Wildman–Crippen LogP) is -6.66. The van der Waals surface area contributed by atoms with Crippen molar-refractivity contribution in [3.8, 4) is 0 Å². The van der Waals surface area contributed by atoms with Crippen molar-refractivity contribution in [2.45, 2.75) is 27.7 Å². The Hall–Kier alpha value is 1.20. The second kappa shape index (κ2) is 7.52. The molecule has 0 atom stereocenters. The van der Waals surface area contributed by atoms with Crippen molar-refractivity contribution in [2.24, 2.45) is 0 Å². The average molecular weight is 222 g/mol. The Morgan fingerprint density at radius 1 is 0.867 bits per heavy atom. The van der Waals surface area contributed by atoms with Gasteiger partial charge in [-0.05, 0) is 44.4 Å². The molecule has 0 N–H and O–H groups in total. The molecule has 0 bridgehead atoms. The summed E-state index contributed by atoms with van der Waals surface area (Å²) in [5.74, 6) is 0. The third kappa shape index (κ3) is 4.17. The van der Waals surface area contributed by atoms with Gasteiger partial charge in [-0.25, -0.2) is 0 Å². The maximum atomic E-state index is 10.8. The minimum Gasteiger partial charge on any atom is -0.889 e. The van der Waals surface area contributed by atoms with E-state index in [1.165, 1.54) is 5.56 Å². The molecule has 0 aliphatic rings. The van der Waals surface area contributed by atoms with Crippen LogP contribution in [-0.2, 0) is 0 Å². The van der Waals surface area contributed by atoms with Crippen molar-refractivity contribution in [3.05, 3.63) is 28.3 Å². The van der Waals surface area contributed by atoms with Crippen LogP contribution in [0.1, 0.15) is 22.3 Å². The van der Waals surface area contributed by atoms with Gasteiger partial charge >= 0.3 is 59.1 Å². The number of aryl methyl sites for hydroxylation is 1. The van der Waals surface area contributed by atoms with E-state index in [4.69, 9.17) is 0 Å². The molecule has 0 amide bonds. The van der Waals surface area contributed by atoms with Crippen LogP contribution in [0.4, 0.5) is 0 Å². The molecule has 0 saturated heterocycles. The smallest absolute Gasteiger partial charge is 0.889 e. The molecular weight excluding hydrogens is 209 g/mol. The van der Waals surface area contributed by atoms with Crippen molar-refractivity contribution in [3.63, 3.8) is 0 Å². The predicted molar refractivity (Wildman–Crippen MR) is 50.8 cm³/mol. The standard InChI is InChI=1S/C10H13BO2.2Na/c1-6-5-10(11(12)13)9(4)8(3)7(6)2;;/h5H,1-4H3;;/q-2;2*+1. The molecule has 15 heavy (non-hydrogen) atoms. The normalized spacial score (nSPS) is 8.93. The van der Waals surface area contributed by atoms with Crippen molar-refractivity contribution >= 4 is 12.6 Å². The summed E-state index contributed by atoms with van der Waals surface area (Å²) in [6.45, 7) is 7.71. The van der Waals surface area contributed by atoms with Gasteiger partial charge in [0.15, 0.2) is 0 Å². The SMILES string of the molecule is Cc1cc(B([O-])[O-])c(C)c(C)c1C.[Na+].[Na+]. The molecule has 1 aromatic carbocycles. The quantitative estimate of drug-likeness (QED) is 0.443. The Morgan fingerprint density at radius 3 is 1.73 bits per heavy atom. The molecule has 1 aromatic rings. The summed E-state index contributed by atoms with van der Waals surface area (Å²) in [5.41, 5.74) is 4.49. The van der Waals surface area contributed by atoms with E-state index in [2.05, 4.69) is 0 Å². The molecular formula is C10H13BNa2O2. The van der Waals surface area contributed by atoms with Crippen LogP contribution in [0.3, 0.4) is 0 Å². The average Bonchev–Trinajstić information content (AvgIpc) is 2.07. The van der Waals surface area contributed by atoms with Crippen LogP contribution >= 0.6 is 0 Å². The van der Waals surface area contributed by atoms with Crippen molar-refractivity contribution < 1.29 is 69.2 Å². The molecule has 2 nitrogen and oxygen atoms in total.